The highest BCUT2D eigenvalue weighted by atomic mass is 19.1. The molecule has 0 saturated heterocycles. The average molecular weight is 340 g/mol. The first-order chi connectivity index (χ1) is 11.9. The van der Waals surface area contributed by atoms with Gasteiger partial charge in [0.25, 0.3) is 11.6 Å². The molecule has 3 rings (SSSR count). The molecule has 25 heavy (non-hydrogen) atoms. The van der Waals surface area contributed by atoms with Gasteiger partial charge in [0, 0.05) is 23.4 Å². The molecule has 6 nitrogen and oxygen atoms in total. The summed E-state index contributed by atoms with van der Waals surface area (Å²) < 4.78 is 18.5. The van der Waals surface area contributed by atoms with Gasteiger partial charge in [-0.3, -0.25) is 14.9 Å². The topological polar surface area (TPSA) is 85.4 Å². The summed E-state index contributed by atoms with van der Waals surface area (Å²) in [6.45, 7) is 1.63. The number of nitro benzene ring substituents is 1. The van der Waals surface area contributed by atoms with Gasteiger partial charge < -0.3 is 9.73 Å². The van der Waals surface area contributed by atoms with Crippen LogP contribution in [0.3, 0.4) is 0 Å². The van der Waals surface area contributed by atoms with Crippen molar-refractivity contribution in [2.45, 2.75) is 6.92 Å². The Morgan fingerprint density at radius 2 is 1.88 bits per heavy atom. The number of nitrogens with one attached hydrogen (secondary N) is 1. The number of anilines is 1. The molecule has 0 atom stereocenters. The fraction of sp³-hybridized carbons (Fsp3) is 0.0556. The Balaban J connectivity index is 1.87. The zero-order valence-electron chi connectivity index (χ0n) is 13.2. The highest BCUT2D eigenvalue weighted by Crippen LogP contribution is 2.28. The SMILES string of the molecule is Cc1oc(-c2cccc([N+](=O)[O-])c2)cc1C(=O)Nc1ccc(F)cc1. The number of nitrogens with zero attached hydrogens (tertiary/aromatic N) is 1. The first-order valence-electron chi connectivity index (χ1n) is 7.36. The van der Waals surface area contributed by atoms with Gasteiger partial charge in [-0.2, -0.15) is 0 Å². The van der Waals surface area contributed by atoms with Crippen LogP contribution in [-0.2, 0) is 0 Å². The molecule has 7 heteroatoms. The number of halogens is 1. The van der Waals surface area contributed by atoms with E-state index < -0.39 is 16.6 Å². The van der Waals surface area contributed by atoms with E-state index in [9.17, 15) is 19.3 Å². The Morgan fingerprint density at radius 1 is 1.16 bits per heavy atom. The maximum atomic E-state index is 12.9. The molecule has 0 aliphatic rings. The van der Waals surface area contributed by atoms with Gasteiger partial charge in [-0.15, -0.1) is 0 Å². The van der Waals surface area contributed by atoms with Gasteiger partial charge in [-0.05, 0) is 37.3 Å². The van der Waals surface area contributed by atoms with E-state index in [4.69, 9.17) is 4.42 Å². The Labute approximate surface area is 142 Å². The van der Waals surface area contributed by atoms with E-state index in [1.807, 2.05) is 0 Å². The standard InChI is InChI=1S/C18H13FN2O4/c1-11-16(18(22)20-14-7-5-13(19)6-8-14)10-17(25-11)12-3-2-4-15(9-12)21(23)24/h2-10H,1H3,(H,20,22). The highest BCUT2D eigenvalue weighted by Gasteiger charge is 2.17. The van der Waals surface area contributed by atoms with Crippen LogP contribution in [0.4, 0.5) is 15.8 Å². The molecule has 0 aliphatic heterocycles. The Hall–Kier alpha value is -3.48. The van der Waals surface area contributed by atoms with Crippen molar-refractivity contribution in [2.75, 3.05) is 5.32 Å². The molecule has 0 saturated carbocycles. The lowest BCUT2D eigenvalue weighted by Gasteiger charge is -2.03. The van der Waals surface area contributed by atoms with Gasteiger partial charge >= 0.3 is 0 Å². The van der Waals surface area contributed by atoms with E-state index in [2.05, 4.69) is 5.32 Å². The zero-order valence-corrected chi connectivity index (χ0v) is 13.2. The van der Waals surface area contributed by atoms with Crippen molar-refractivity contribution in [1.82, 2.24) is 0 Å². The molecule has 0 spiro atoms. The molecule has 1 heterocycles. The first kappa shape index (κ1) is 16.4. The summed E-state index contributed by atoms with van der Waals surface area (Å²) in [5.41, 5.74) is 1.18. The first-order valence-corrected chi connectivity index (χ1v) is 7.36. The third-order valence-electron chi connectivity index (χ3n) is 3.61. The second-order valence-corrected chi connectivity index (χ2v) is 5.35. The number of rotatable bonds is 4. The Morgan fingerprint density at radius 3 is 2.56 bits per heavy atom. The van der Waals surface area contributed by atoms with Crippen LogP contribution in [0.5, 0.6) is 0 Å². The van der Waals surface area contributed by atoms with Gasteiger partial charge in [0.1, 0.15) is 17.3 Å². The number of furan rings is 1. The van der Waals surface area contributed by atoms with Crippen LogP contribution in [0.25, 0.3) is 11.3 Å². The molecule has 1 N–H and O–H groups in total. The van der Waals surface area contributed by atoms with Crippen LogP contribution in [0, 0.1) is 22.9 Å². The number of hydrogen-bond acceptors (Lipinski definition) is 4. The maximum absolute atomic E-state index is 12.9. The Bertz CT molecular complexity index is 948. The Kier molecular flexibility index (Phi) is 4.30. The number of carbonyl (C=O) groups is 1. The largest absolute Gasteiger partial charge is 0.461 e. The zero-order chi connectivity index (χ0) is 18.0. The lowest BCUT2D eigenvalue weighted by atomic mass is 10.1. The molecule has 3 aromatic rings. The maximum Gasteiger partial charge on any atom is 0.270 e. The van der Waals surface area contributed by atoms with Crippen LogP contribution >= 0.6 is 0 Å². The van der Waals surface area contributed by atoms with Gasteiger partial charge in [-0.25, -0.2) is 4.39 Å². The third kappa shape index (κ3) is 3.55. The monoisotopic (exact) mass is 340 g/mol. The van der Waals surface area contributed by atoms with Crippen molar-refractivity contribution in [1.29, 1.82) is 0 Å². The van der Waals surface area contributed by atoms with Crippen LogP contribution in [-0.4, -0.2) is 10.8 Å². The minimum absolute atomic E-state index is 0.0659. The van der Waals surface area contributed by atoms with Crippen molar-refractivity contribution < 1.29 is 18.5 Å². The molecule has 2 aromatic carbocycles. The fourth-order valence-corrected chi connectivity index (χ4v) is 2.35. The van der Waals surface area contributed by atoms with Crippen molar-refractivity contribution in [3.05, 3.63) is 81.9 Å². The summed E-state index contributed by atoms with van der Waals surface area (Å²) in [7, 11) is 0. The molecule has 0 radical (unpaired) electrons. The number of nitro groups is 1. The molecule has 0 unspecified atom stereocenters. The smallest absolute Gasteiger partial charge is 0.270 e. The highest BCUT2D eigenvalue weighted by molar-refractivity contribution is 6.05. The second-order valence-electron chi connectivity index (χ2n) is 5.35. The number of benzene rings is 2. The summed E-state index contributed by atoms with van der Waals surface area (Å²) in [5, 5.41) is 13.5. The van der Waals surface area contributed by atoms with Crippen molar-refractivity contribution in [3.63, 3.8) is 0 Å². The lowest BCUT2D eigenvalue weighted by molar-refractivity contribution is -0.384. The molecule has 1 amide bonds. The van der Waals surface area contributed by atoms with Gasteiger partial charge in [0.2, 0.25) is 0 Å². The predicted octanol–water partition coefficient (Wildman–Crippen LogP) is 4.55. The van der Waals surface area contributed by atoms with Crippen LogP contribution in [0.1, 0.15) is 16.1 Å². The van der Waals surface area contributed by atoms with E-state index in [0.717, 1.165) is 0 Å². The van der Waals surface area contributed by atoms with Crippen LogP contribution < -0.4 is 5.32 Å². The van der Waals surface area contributed by atoms with Crippen molar-refractivity contribution >= 4 is 17.3 Å². The molecule has 1 aromatic heterocycles. The number of hydrogen-bond donors (Lipinski definition) is 1. The van der Waals surface area contributed by atoms with Gasteiger partial charge in [-0.1, -0.05) is 12.1 Å². The molecule has 126 valence electrons. The molecular weight excluding hydrogens is 327 g/mol. The third-order valence-corrected chi connectivity index (χ3v) is 3.61. The minimum atomic E-state index is -0.499. The molecular formula is C18H13FN2O4. The van der Waals surface area contributed by atoms with E-state index in [0.29, 0.717) is 28.3 Å². The number of aryl methyl sites for hydroxylation is 1. The van der Waals surface area contributed by atoms with Gasteiger partial charge in [0.15, 0.2) is 0 Å². The summed E-state index contributed by atoms with van der Waals surface area (Å²) in [5.74, 6) is -0.0819. The average Bonchev–Trinajstić information content (AvgIpc) is 2.99. The summed E-state index contributed by atoms with van der Waals surface area (Å²) in [6.07, 6.45) is 0. The fourth-order valence-electron chi connectivity index (χ4n) is 2.35. The molecule has 0 aliphatic carbocycles. The summed E-state index contributed by atoms with van der Waals surface area (Å²) in [6, 6.07) is 12.9. The number of amides is 1. The molecule has 0 fully saturated rings. The van der Waals surface area contributed by atoms with Crippen LogP contribution in [0.2, 0.25) is 0 Å². The van der Waals surface area contributed by atoms with E-state index >= 15 is 0 Å². The lowest BCUT2D eigenvalue weighted by Crippen LogP contribution is -2.11. The number of non-ortho nitro benzene ring substituents is 1. The normalized spacial score (nSPS) is 10.5. The second kappa shape index (κ2) is 6.56. The van der Waals surface area contributed by atoms with Crippen molar-refractivity contribution in [2.24, 2.45) is 0 Å². The van der Waals surface area contributed by atoms with Crippen molar-refractivity contribution in [3.8, 4) is 11.3 Å². The van der Waals surface area contributed by atoms with E-state index in [1.54, 1.807) is 19.1 Å². The van der Waals surface area contributed by atoms with Crippen LogP contribution in [0.15, 0.2) is 59.0 Å². The van der Waals surface area contributed by atoms with E-state index in [1.165, 1.54) is 42.5 Å². The van der Waals surface area contributed by atoms with Gasteiger partial charge in [0.05, 0.1) is 10.5 Å². The summed E-state index contributed by atoms with van der Waals surface area (Å²) in [4.78, 5) is 22.7. The number of carbonyl (C=O) groups excluding carboxylic acids is 1. The quantitative estimate of drug-likeness (QED) is 0.557. The molecule has 0 bridgehead atoms. The summed E-state index contributed by atoms with van der Waals surface area (Å²) >= 11 is 0. The van der Waals surface area contributed by atoms with E-state index in [-0.39, 0.29) is 5.69 Å². The minimum Gasteiger partial charge on any atom is -0.461 e. The predicted molar refractivity (Wildman–Crippen MR) is 89.9 cm³/mol.